The zero-order valence-electron chi connectivity index (χ0n) is 15.0. The highest BCUT2D eigenvalue weighted by Crippen LogP contribution is 2.53. The first-order valence-corrected chi connectivity index (χ1v) is 10.1. The number of aliphatic hydroxyl groups excluding tert-OH is 1. The van der Waals surface area contributed by atoms with E-state index in [2.05, 4.69) is 34.5 Å². The molecule has 2 aliphatic heterocycles. The molecule has 0 amide bonds. The van der Waals surface area contributed by atoms with Crippen LogP contribution in [0.3, 0.4) is 0 Å². The highest BCUT2D eigenvalue weighted by atomic mass is 16.5. The molecule has 4 heteroatoms. The summed E-state index contributed by atoms with van der Waals surface area (Å²) in [4.78, 5) is 2.55. The summed E-state index contributed by atoms with van der Waals surface area (Å²) in [7, 11) is 0. The van der Waals surface area contributed by atoms with Gasteiger partial charge in [-0.15, -0.1) is 0 Å². The minimum atomic E-state index is -0.302. The summed E-state index contributed by atoms with van der Waals surface area (Å²) < 4.78 is 6.24. The molecule has 0 unspecified atom stereocenters. The van der Waals surface area contributed by atoms with Gasteiger partial charge in [-0.1, -0.05) is 37.1 Å². The lowest BCUT2D eigenvalue weighted by atomic mass is 9.72. The van der Waals surface area contributed by atoms with Gasteiger partial charge in [0.2, 0.25) is 0 Å². The number of piperidine rings is 1. The van der Waals surface area contributed by atoms with Gasteiger partial charge in [-0.25, -0.2) is 0 Å². The molecule has 0 aromatic heterocycles. The van der Waals surface area contributed by atoms with Crippen LogP contribution in [0.25, 0.3) is 0 Å². The van der Waals surface area contributed by atoms with Crippen molar-refractivity contribution in [3.63, 3.8) is 0 Å². The molecule has 1 saturated carbocycles. The van der Waals surface area contributed by atoms with E-state index in [1.165, 1.54) is 36.8 Å². The quantitative estimate of drug-likeness (QED) is 0.822. The summed E-state index contributed by atoms with van der Waals surface area (Å²) in [5, 5.41) is 15.0. The van der Waals surface area contributed by atoms with Gasteiger partial charge in [0.25, 0.3) is 0 Å². The van der Waals surface area contributed by atoms with E-state index in [9.17, 15) is 5.11 Å². The molecule has 4 nitrogen and oxygen atoms in total. The SMILES string of the molecule is O[C@H]1[C@H](N2CCOC3(CCCC3)C2)c2ccccc2C12CCNCC2. The van der Waals surface area contributed by atoms with Crippen molar-refractivity contribution in [2.75, 3.05) is 32.8 Å². The zero-order valence-corrected chi connectivity index (χ0v) is 15.0. The van der Waals surface area contributed by atoms with Crippen molar-refractivity contribution < 1.29 is 9.84 Å². The Morgan fingerprint density at radius 2 is 1.84 bits per heavy atom. The molecule has 1 aromatic carbocycles. The number of morpholine rings is 1. The normalized spacial score (nSPS) is 33.8. The number of fused-ring (bicyclic) bond motifs is 2. The predicted molar refractivity (Wildman–Crippen MR) is 97.7 cm³/mol. The Hall–Kier alpha value is -0.940. The number of benzene rings is 1. The first-order chi connectivity index (χ1) is 12.2. The van der Waals surface area contributed by atoms with Crippen LogP contribution in [-0.4, -0.2) is 54.5 Å². The van der Waals surface area contributed by atoms with E-state index in [-0.39, 0.29) is 23.2 Å². The minimum absolute atomic E-state index is 0.0524. The lowest BCUT2D eigenvalue weighted by molar-refractivity contribution is -0.130. The molecule has 2 atom stereocenters. The van der Waals surface area contributed by atoms with Gasteiger partial charge in [-0.3, -0.25) is 4.90 Å². The fourth-order valence-electron chi connectivity index (χ4n) is 6.11. The monoisotopic (exact) mass is 342 g/mol. The molecule has 1 aromatic rings. The van der Waals surface area contributed by atoms with Crippen LogP contribution >= 0.6 is 0 Å². The average Bonchev–Trinajstić information content (AvgIpc) is 3.18. The summed E-state index contributed by atoms with van der Waals surface area (Å²) in [6, 6.07) is 8.96. The number of aliphatic hydroxyl groups is 1. The smallest absolute Gasteiger partial charge is 0.0834 e. The fraction of sp³-hybridized carbons (Fsp3) is 0.714. The van der Waals surface area contributed by atoms with Gasteiger partial charge in [0.1, 0.15) is 0 Å². The van der Waals surface area contributed by atoms with Gasteiger partial charge in [-0.2, -0.15) is 0 Å². The lowest BCUT2D eigenvalue weighted by Crippen LogP contribution is -2.55. The van der Waals surface area contributed by atoms with Gasteiger partial charge in [0.05, 0.1) is 24.4 Å². The summed E-state index contributed by atoms with van der Waals surface area (Å²) >= 11 is 0. The van der Waals surface area contributed by atoms with Crippen LogP contribution in [0.1, 0.15) is 55.7 Å². The summed E-state index contributed by atoms with van der Waals surface area (Å²) in [6.07, 6.45) is 6.71. The molecule has 0 bridgehead atoms. The number of rotatable bonds is 1. The molecule has 5 rings (SSSR count). The van der Waals surface area contributed by atoms with Crippen LogP contribution in [0.2, 0.25) is 0 Å². The second-order valence-electron chi connectivity index (χ2n) is 8.59. The Morgan fingerprint density at radius 3 is 2.64 bits per heavy atom. The van der Waals surface area contributed by atoms with E-state index in [1.54, 1.807) is 0 Å². The number of nitrogens with one attached hydrogen (secondary N) is 1. The van der Waals surface area contributed by atoms with Crippen molar-refractivity contribution in [3.05, 3.63) is 35.4 Å². The number of hydrogen-bond acceptors (Lipinski definition) is 4. The van der Waals surface area contributed by atoms with Crippen LogP contribution in [0.5, 0.6) is 0 Å². The second kappa shape index (κ2) is 6.05. The molecule has 3 fully saturated rings. The van der Waals surface area contributed by atoms with Crippen LogP contribution in [0.4, 0.5) is 0 Å². The number of nitrogens with zero attached hydrogens (tertiary/aromatic N) is 1. The molecule has 0 radical (unpaired) electrons. The molecule has 2 spiro atoms. The number of hydrogen-bond donors (Lipinski definition) is 2. The van der Waals surface area contributed by atoms with Gasteiger partial charge in [0, 0.05) is 18.5 Å². The molecular weight excluding hydrogens is 312 g/mol. The largest absolute Gasteiger partial charge is 0.390 e. The molecular formula is C21H30N2O2. The molecule has 136 valence electrons. The van der Waals surface area contributed by atoms with Crippen molar-refractivity contribution in [2.45, 2.75) is 61.7 Å². The fourth-order valence-corrected chi connectivity index (χ4v) is 6.11. The summed E-state index contributed by atoms with van der Waals surface area (Å²) in [6.45, 7) is 4.74. The maximum absolute atomic E-state index is 11.6. The van der Waals surface area contributed by atoms with E-state index in [0.717, 1.165) is 45.6 Å². The summed E-state index contributed by atoms with van der Waals surface area (Å²) in [5.41, 5.74) is 2.76. The zero-order chi connectivity index (χ0) is 16.9. The Bertz CT molecular complexity index is 635. The maximum atomic E-state index is 11.6. The molecule has 4 aliphatic rings. The van der Waals surface area contributed by atoms with Crippen molar-refractivity contribution in [2.24, 2.45) is 0 Å². The first-order valence-electron chi connectivity index (χ1n) is 10.1. The van der Waals surface area contributed by atoms with E-state index in [1.807, 2.05) is 0 Å². The third-order valence-electron chi connectivity index (χ3n) is 7.36. The Labute approximate surface area is 150 Å². The van der Waals surface area contributed by atoms with Crippen LogP contribution < -0.4 is 5.32 Å². The molecule has 2 N–H and O–H groups in total. The van der Waals surface area contributed by atoms with Crippen molar-refractivity contribution in [1.82, 2.24) is 10.2 Å². The van der Waals surface area contributed by atoms with Crippen LogP contribution in [-0.2, 0) is 10.2 Å². The van der Waals surface area contributed by atoms with Gasteiger partial charge in [-0.05, 0) is 49.9 Å². The minimum Gasteiger partial charge on any atom is -0.390 e. The highest BCUT2D eigenvalue weighted by molar-refractivity contribution is 5.45. The Balaban J connectivity index is 1.51. The van der Waals surface area contributed by atoms with E-state index < -0.39 is 0 Å². The second-order valence-corrected chi connectivity index (χ2v) is 8.59. The van der Waals surface area contributed by atoms with Gasteiger partial charge < -0.3 is 15.2 Å². The molecule has 2 saturated heterocycles. The van der Waals surface area contributed by atoms with Crippen molar-refractivity contribution >= 4 is 0 Å². The van der Waals surface area contributed by atoms with E-state index >= 15 is 0 Å². The third kappa shape index (κ3) is 2.42. The van der Waals surface area contributed by atoms with Crippen molar-refractivity contribution in [3.8, 4) is 0 Å². The molecule has 2 heterocycles. The summed E-state index contributed by atoms with van der Waals surface area (Å²) in [5.74, 6) is 0. The lowest BCUT2D eigenvalue weighted by Gasteiger charge is -2.46. The standard InChI is InChI=1S/C21H30N2O2/c24-19-18(23-13-14-25-20(15-23)7-3-4-8-20)16-5-1-2-6-17(16)21(19)9-11-22-12-10-21/h1-2,5-6,18-19,22,24H,3-4,7-15H2/t18-,19+/m1/s1. The number of ether oxygens (including phenoxy) is 1. The maximum Gasteiger partial charge on any atom is 0.0834 e. The Morgan fingerprint density at radius 1 is 1.08 bits per heavy atom. The molecule has 25 heavy (non-hydrogen) atoms. The first kappa shape index (κ1) is 16.2. The topological polar surface area (TPSA) is 44.7 Å². The van der Waals surface area contributed by atoms with Gasteiger partial charge in [0.15, 0.2) is 0 Å². The average molecular weight is 342 g/mol. The third-order valence-corrected chi connectivity index (χ3v) is 7.36. The van der Waals surface area contributed by atoms with Crippen LogP contribution in [0.15, 0.2) is 24.3 Å². The van der Waals surface area contributed by atoms with Crippen molar-refractivity contribution in [1.29, 1.82) is 0 Å². The predicted octanol–water partition coefficient (Wildman–Crippen LogP) is 2.37. The Kier molecular flexibility index (Phi) is 3.93. The highest BCUT2D eigenvalue weighted by Gasteiger charge is 2.54. The van der Waals surface area contributed by atoms with E-state index in [0.29, 0.717) is 0 Å². The molecule has 2 aliphatic carbocycles. The van der Waals surface area contributed by atoms with Gasteiger partial charge >= 0.3 is 0 Å². The van der Waals surface area contributed by atoms with E-state index in [4.69, 9.17) is 4.74 Å². The van der Waals surface area contributed by atoms with Crippen LogP contribution in [0, 0.1) is 0 Å².